The Labute approximate surface area is 96.9 Å². The Bertz CT molecular complexity index is 450. The van der Waals surface area contributed by atoms with Gasteiger partial charge in [-0.1, -0.05) is 6.07 Å². The molecule has 1 amide bonds. The van der Waals surface area contributed by atoms with Crippen LogP contribution in [0, 0.1) is 5.82 Å². The van der Waals surface area contributed by atoms with Crippen molar-refractivity contribution >= 4 is 11.9 Å². The second kappa shape index (κ2) is 4.40. The molecule has 1 aromatic rings. The molecule has 0 unspecified atom stereocenters. The molecular weight excluding hydrogens is 229 g/mol. The Morgan fingerprint density at radius 1 is 1.35 bits per heavy atom. The Hall–Kier alpha value is -2.11. The zero-order valence-electron chi connectivity index (χ0n) is 9.32. The highest BCUT2D eigenvalue weighted by atomic mass is 19.1. The van der Waals surface area contributed by atoms with E-state index in [1.165, 1.54) is 19.9 Å². The summed E-state index contributed by atoms with van der Waals surface area (Å²) in [7, 11) is 0. The average molecular weight is 241 g/mol. The van der Waals surface area contributed by atoms with Crippen LogP contribution in [-0.4, -0.2) is 27.6 Å². The summed E-state index contributed by atoms with van der Waals surface area (Å²) in [5, 5.41) is 20.3. The van der Waals surface area contributed by atoms with E-state index in [1.54, 1.807) is 0 Å². The number of hydrogen-bond acceptors (Lipinski definition) is 3. The van der Waals surface area contributed by atoms with Crippen LogP contribution in [0.5, 0.6) is 5.75 Å². The highest BCUT2D eigenvalue weighted by molar-refractivity contribution is 5.99. The first-order chi connectivity index (χ1) is 7.75. The molecule has 0 heterocycles. The zero-order chi connectivity index (χ0) is 13.2. The molecule has 0 saturated heterocycles. The fourth-order valence-electron chi connectivity index (χ4n) is 1.14. The predicted molar refractivity (Wildman–Crippen MR) is 57.2 cm³/mol. The van der Waals surface area contributed by atoms with Gasteiger partial charge in [-0.3, -0.25) is 4.79 Å². The van der Waals surface area contributed by atoms with Crippen molar-refractivity contribution in [2.75, 3.05) is 0 Å². The number of carboxylic acid groups (broad SMARTS) is 1. The number of halogens is 1. The van der Waals surface area contributed by atoms with Crippen LogP contribution < -0.4 is 5.32 Å². The Kier molecular flexibility index (Phi) is 3.36. The first-order valence-corrected chi connectivity index (χ1v) is 4.79. The number of aromatic hydroxyl groups is 1. The minimum absolute atomic E-state index is 0.538. The lowest BCUT2D eigenvalue weighted by Crippen LogP contribution is -2.49. The number of nitrogens with one attached hydrogen (secondary N) is 1. The van der Waals surface area contributed by atoms with Gasteiger partial charge in [-0.15, -0.1) is 0 Å². The molecule has 0 aromatic heterocycles. The fraction of sp³-hybridized carbons (Fsp3) is 0.273. The molecule has 5 nitrogen and oxygen atoms in total. The topological polar surface area (TPSA) is 86.6 Å². The van der Waals surface area contributed by atoms with Gasteiger partial charge in [-0.05, 0) is 26.0 Å². The fourth-order valence-corrected chi connectivity index (χ4v) is 1.14. The van der Waals surface area contributed by atoms with Gasteiger partial charge in [0.15, 0.2) is 0 Å². The van der Waals surface area contributed by atoms with Crippen molar-refractivity contribution in [1.29, 1.82) is 0 Å². The number of carbonyl (C=O) groups is 2. The van der Waals surface area contributed by atoms with Gasteiger partial charge in [0.25, 0.3) is 5.91 Å². The van der Waals surface area contributed by atoms with Crippen molar-refractivity contribution in [2.24, 2.45) is 0 Å². The number of rotatable bonds is 3. The zero-order valence-corrected chi connectivity index (χ0v) is 9.32. The van der Waals surface area contributed by atoms with E-state index in [0.29, 0.717) is 0 Å². The van der Waals surface area contributed by atoms with Crippen molar-refractivity contribution in [3.05, 3.63) is 29.6 Å². The van der Waals surface area contributed by atoms with Gasteiger partial charge in [-0.25, -0.2) is 9.18 Å². The van der Waals surface area contributed by atoms with E-state index in [0.717, 1.165) is 12.1 Å². The molecule has 0 aliphatic rings. The molecule has 0 aliphatic carbocycles. The molecule has 0 aliphatic heterocycles. The molecule has 0 bridgehead atoms. The Balaban J connectivity index is 3.03. The number of hydrogen-bond donors (Lipinski definition) is 3. The lowest BCUT2D eigenvalue weighted by atomic mass is 10.0. The third kappa shape index (κ3) is 2.72. The van der Waals surface area contributed by atoms with Gasteiger partial charge in [0.05, 0.1) is 0 Å². The SMILES string of the molecule is CC(C)(NC(=O)c1c(O)cccc1F)C(=O)O. The molecule has 92 valence electrons. The number of benzene rings is 1. The molecule has 0 fully saturated rings. The summed E-state index contributed by atoms with van der Waals surface area (Å²) in [6.07, 6.45) is 0. The lowest BCUT2D eigenvalue weighted by molar-refractivity contribution is -0.143. The number of phenolic OH excluding ortho intramolecular Hbond substituents is 1. The quantitative estimate of drug-likeness (QED) is 0.740. The van der Waals surface area contributed by atoms with Crippen molar-refractivity contribution in [2.45, 2.75) is 19.4 Å². The molecule has 1 aromatic carbocycles. The summed E-state index contributed by atoms with van der Waals surface area (Å²) < 4.78 is 13.3. The first kappa shape index (κ1) is 13.0. The summed E-state index contributed by atoms with van der Waals surface area (Å²) in [6.45, 7) is 2.51. The maximum absolute atomic E-state index is 13.3. The van der Waals surface area contributed by atoms with Crippen LogP contribution in [-0.2, 0) is 4.79 Å². The number of aliphatic carboxylic acids is 1. The van der Waals surface area contributed by atoms with E-state index in [1.807, 2.05) is 0 Å². The van der Waals surface area contributed by atoms with E-state index >= 15 is 0 Å². The molecule has 3 N–H and O–H groups in total. The maximum Gasteiger partial charge on any atom is 0.328 e. The normalized spacial score (nSPS) is 11.0. The van der Waals surface area contributed by atoms with Crippen LogP contribution in [0.1, 0.15) is 24.2 Å². The van der Waals surface area contributed by atoms with Crippen LogP contribution in [0.3, 0.4) is 0 Å². The first-order valence-electron chi connectivity index (χ1n) is 4.79. The van der Waals surface area contributed by atoms with Gasteiger partial charge < -0.3 is 15.5 Å². The van der Waals surface area contributed by atoms with E-state index < -0.39 is 34.5 Å². The molecule has 0 spiro atoms. The molecule has 0 saturated carbocycles. The second-order valence-electron chi connectivity index (χ2n) is 4.02. The summed E-state index contributed by atoms with van der Waals surface area (Å²) >= 11 is 0. The van der Waals surface area contributed by atoms with Crippen LogP contribution in [0.15, 0.2) is 18.2 Å². The monoisotopic (exact) mass is 241 g/mol. The smallest absolute Gasteiger partial charge is 0.328 e. The number of amides is 1. The van der Waals surface area contributed by atoms with E-state index in [4.69, 9.17) is 5.11 Å². The van der Waals surface area contributed by atoms with Crippen molar-refractivity contribution in [1.82, 2.24) is 5.32 Å². The van der Waals surface area contributed by atoms with Crippen molar-refractivity contribution < 1.29 is 24.2 Å². The van der Waals surface area contributed by atoms with E-state index in [2.05, 4.69) is 5.32 Å². The van der Waals surface area contributed by atoms with Crippen molar-refractivity contribution in [3.8, 4) is 5.75 Å². The number of carbonyl (C=O) groups excluding carboxylic acids is 1. The molecule has 0 radical (unpaired) electrons. The minimum Gasteiger partial charge on any atom is -0.507 e. The van der Waals surface area contributed by atoms with Gasteiger partial charge in [0.1, 0.15) is 22.7 Å². The molecule has 0 atom stereocenters. The highest BCUT2D eigenvalue weighted by Crippen LogP contribution is 2.20. The minimum atomic E-state index is -1.55. The molecule has 6 heteroatoms. The largest absolute Gasteiger partial charge is 0.507 e. The third-order valence-corrected chi connectivity index (χ3v) is 2.18. The van der Waals surface area contributed by atoms with Crippen LogP contribution >= 0.6 is 0 Å². The van der Waals surface area contributed by atoms with Gasteiger partial charge >= 0.3 is 5.97 Å². The summed E-state index contributed by atoms with van der Waals surface area (Å²) in [6, 6.07) is 3.39. The Morgan fingerprint density at radius 2 is 1.94 bits per heavy atom. The van der Waals surface area contributed by atoms with Crippen LogP contribution in [0.2, 0.25) is 0 Å². The average Bonchev–Trinajstić information content (AvgIpc) is 2.15. The second-order valence-corrected chi connectivity index (χ2v) is 4.02. The van der Waals surface area contributed by atoms with E-state index in [-0.39, 0.29) is 0 Å². The summed E-state index contributed by atoms with van der Waals surface area (Å²) in [5.41, 5.74) is -2.12. The standard InChI is InChI=1S/C11H12FNO4/c1-11(2,10(16)17)13-9(15)8-6(12)4-3-5-7(8)14/h3-5,14H,1-2H3,(H,13,15)(H,16,17). The van der Waals surface area contributed by atoms with Crippen LogP contribution in [0.4, 0.5) is 4.39 Å². The number of phenols is 1. The van der Waals surface area contributed by atoms with Gasteiger partial charge in [0, 0.05) is 0 Å². The highest BCUT2D eigenvalue weighted by Gasteiger charge is 2.31. The summed E-state index contributed by atoms with van der Waals surface area (Å²) in [4.78, 5) is 22.4. The molecule has 17 heavy (non-hydrogen) atoms. The van der Waals surface area contributed by atoms with E-state index in [9.17, 15) is 19.1 Å². The lowest BCUT2D eigenvalue weighted by Gasteiger charge is -2.21. The Morgan fingerprint density at radius 3 is 2.41 bits per heavy atom. The summed E-state index contributed by atoms with van der Waals surface area (Å²) in [5.74, 6) is -3.69. The van der Waals surface area contributed by atoms with Crippen LogP contribution in [0.25, 0.3) is 0 Å². The van der Waals surface area contributed by atoms with Gasteiger partial charge in [0.2, 0.25) is 0 Å². The number of carboxylic acids is 1. The predicted octanol–water partition coefficient (Wildman–Crippen LogP) is 1.12. The third-order valence-electron chi connectivity index (χ3n) is 2.18. The maximum atomic E-state index is 13.3. The molecular formula is C11H12FNO4. The molecule has 1 rings (SSSR count). The van der Waals surface area contributed by atoms with Crippen molar-refractivity contribution in [3.63, 3.8) is 0 Å². The van der Waals surface area contributed by atoms with Gasteiger partial charge in [-0.2, -0.15) is 0 Å².